The summed E-state index contributed by atoms with van der Waals surface area (Å²) < 4.78 is 39.8. The van der Waals surface area contributed by atoms with Crippen molar-refractivity contribution in [3.8, 4) is 0 Å². The average molecular weight is 331 g/mol. The molecular weight excluding hydrogens is 325 g/mol. The Kier molecular flexibility index (Phi) is 3.84. The minimum atomic E-state index is -1.20. The van der Waals surface area contributed by atoms with Crippen LogP contribution in [0.1, 0.15) is 10.5 Å². The molecule has 0 atom stereocenters. The Morgan fingerprint density at radius 2 is 1.84 bits per heavy atom. The van der Waals surface area contributed by atoms with E-state index in [2.05, 4.69) is 20.9 Å². The lowest BCUT2D eigenvalue weighted by Crippen LogP contribution is -2.16. The number of nitrogens with zero attached hydrogens (tertiary/aromatic N) is 1. The van der Waals surface area contributed by atoms with Gasteiger partial charge in [-0.25, -0.2) is 18.2 Å². The molecule has 0 saturated heterocycles. The number of halogens is 4. The van der Waals surface area contributed by atoms with E-state index in [4.69, 9.17) is 0 Å². The number of hydrogen-bond acceptors (Lipinski definition) is 2. The van der Waals surface area contributed by atoms with Crippen LogP contribution in [0.3, 0.4) is 0 Å². The number of carbonyl (C=O) groups is 1. The minimum Gasteiger partial charge on any atom is -0.316 e. The van der Waals surface area contributed by atoms with Crippen LogP contribution in [0.15, 0.2) is 34.9 Å². The number of carbonyl (C=O) groups excluding carboxylic acids is 1. The van der Waals surface area contributed by atoms with Crippen LogP contribution in [-0.4, -0.2) is 10.9 Å². The maximum Gasteiger partial charge on any atom is 0.275 e. The fourth-order valence-electron chi connectivity index (χ4n) is 1.39. The molecule has 0 spiro atoms. The number of nitrogens with one attached hydrogen (secondary N) is 1. The zero-order valence-electron chi connectivity index (χ0n) is 9.25. The quantitative estimate of drug-likeness (QED) is 0.915. The first-order chi connectivity index (χ1) is 8.99. The second-order valence-electron chi connectivity index (χ2n) is 3.53. The molecule has 2 rings (SSSR count). The van der Waals surface area contributed by atoms with Crippen LogP contribution in [0.4, 0.5) is 18.9 Å². The van der Waals surface area contributed by atoms with E-state index in [1.165, 1.54) is 6.20 Å². The van der Waals surface area contributed by atoms with E-state index in [-0.39, 0.29) is 5.69 Å². The molecule has 0 aliphatic rings. The van der Waals surface area contributed by atoms with Gasteiger partial charge >= 0.3 is 0 Å². The number of hydrogen-bond donors (Lipinski definition) is 1. The van der Waals surface area contributed by atoms with E-state index >= 15 is 0 Å². The lowest BCUT2D eigenvalue weighted by molar-refractivity contribution is 0.102. The Labute approximate surface area is 114 Å². The summed E-state index contributed by atoms with van der Waals surface area (Å²) in [6.07, 6.45) is 1.36. The third kappa shape index (κ3) is 2.93. The number of pyridine rings is 1. The number of rotatable bonds is 2. The molecule has 0 fully saturated rings. The van der Waals surface area contributed by atoms with Crippen molar-refractivity contribution >= 4 is 27.5 Å². The van der Waals surface area contributed by atoms with Crippen LogP contribution in [0.5, 0.6) is 0 Å². The van der Waals surface area contributed by atoms with Crippen LogP contribution in [0, 0.1) is 17.5 Å². The average Bonchev–Trinajstić information content (AvgIpc) is 2.34. The summed E-state index contributed by atoms with van der Waals surface area (Å²) in [5, 5.41) is 2.01. The molecule has 3 nitrogen and oxygen atoms in total. The van der Waals surface area contributed by atoms with Gasteiger partial charge in [0, 0.05) is 22.8 Å². The highest BCUT2D eigenvalue weighted by molar-refractivity contribution is 9.10. The van der Waals surface area contributed by atoms with E-state index in [1.54, 1.807) is 12.1 Å². The zero-order chi connectivity index (χ0) is 14.0. The van der Waals surface area contributed by atoms with Gasteiger partial charge in [0.15, 0.2) is 11.6 Å². The zero-order valence-corrected chi connectivity index (χ0v) is 10.8. The summed E-state index contributed by atoms with van der Waals surface area (Å²) in [6.45, 7) is 0. The molecule has 0 saturated carbocycles. The summed E-state index contributed by atoms with van der Waals surface area (Å²) in [7, 11) is 0. The molecule has 19 heavy (non-hydrogen) atoms. The fourth-order valence-corrected chi connectivity index (χ4v) is 1.82. The van der Waals surface area contributed by atoms with E-state index in [1.807, 2.05) is 5.32 Å². The first kappa shape index (κ1) is 13.5. The van der Waals surface area contributed by atoms with Crippen LogP contribution >= 0.6 is 15.9 Å². The van der Waals surface area contributed by atoms with Crippen molar-refractivity contribution in [1.82, 2.24) is 4.98 Å². The third-order valence-corrected chi connectivity index (χ3v) is 2.86. The van der Waals surface area contributed by atoms with Crippen molar-refractivity contribution in [3.63, 3.8) is 0 Å². The minimum absolute atomic E-state index is 0.0365. The van der Waals surface area contributed by atoms with Crippen molar-refractivity contribution in [3.05, 3.63) is 58.1 Å². The van der Waals surface area contributed by atoms with Gasteiger partial charge in [-0.1, -0.05) is 0 Å². The molecule has 1 amide bonds. The van der Waals surface area contributed by atoms with Gasteiger partial charge in [-0.2, -0.15) is 0 Å². The Hall–Kier alpha value is -1.89. The predicted octanol–water partition coefficient (Wildman–Crippen LogP) is 3.51. The van der Waals surface area contributed by atoms with Gasteiger partial charge in [0.1, 0.15) is 17.2 Å². The molecule has 1 heterocycles. The van der Waals surface area contributed by atoms with Crippen molar-refractivity contribution in [2.75, 3.05) is 5.32 Å². The molecule has 0 aliphatic carbocycles. The second kappa shape index (κ2) is 5.40. The van der Waals surface area contributed by atoms with Crippen molar-refractivity contribution < 1.29 is 18.0 Å². The highest BCUT2D eigenvalue weighted by Crippen LogP contribution is 2.22. The number of amides is 1. The van der Waals surface area contributed by atoms with Crippen LogP contribution < -0.4 is 5.32 Å². The standard InChI is InChI=1S/C12H6BrF3N2O/c13-7-2-1-3-17-10(7)12(19)18-11-8(15)4-6(14)5-9(11)16/h1-5H,(H,18,19). The first-order valence-corrected chi connectivity index (χ1v) is 5.84. The van der Waals surface area contributed by atoms with Gasteiger partial charge < -0.3 is 5.32 Å². The molecule has 0 unspecified atom stereocenters. The Bertz CT molecular complexity index is 626. The topological polar surface area (TPSA) is 42.0 Å². The lowest BCUT2D eigenvalue weighted by Gasteiger charge is -2.08. The SMILES string of the molecule is O=C(Nc1c(F)cc(F)cc1F)c1ncccc1Br. The first-order valence-electron chi connectivity index (χ1n) is 5.05. The molecule has 1 aromatic heterocycles. The van der Waals surface area contributed by atoms with Crippen molar-refractivity contribution in [2.45, 2.75) is 0 Å². The van der Waals surface area contributed by atoms with Crippen molar-refractivity contribution in [1.29, 1.82) is 0 Å². The van der Waals surface area contributed by atoms with Gasteiger partial charge in [-0.05, 0) is 28.1 Å². The largest absolute Gasteiger partial charge is 0.316 e. The van der Waals surface area contributed by atoms with Gasteiger partial charge in [-0.3, -0.25) is 4.79 Å². The van der Waals surface area contributed by atoms with Gasteiger partial charge in [-0.15, -0.1) is 0 Å². The molecule has 7 heteroatoms. The smallest absolute Gasteiger partial charge is 0.275 e. The van der Waals surface area contributed by atoms with E-state index < -0.39 is 29.0 Å². The Morgan fingerprint density at radius 3 is 2.42 bits per heavy atom. The molecule has 0 radical (unpaired) electrons. The monoisotopic (exact) mass is 330 g/mol. The molecule has 0 bridgehead atoms. The second-order valence-corrected chi connectivity index (χ2v) is 4.39. The summed E-state index contributed by atoms with van der Waals surface area (Å²) >= 11 is 3.09. The lowest BCUT2D eigenvalue weighted by atomic mass is 10.2. The molecule has 1 N–H and O–H groups in total. The molecule has 2 aromatic rings. The fraction of sp³-hybridized carbons (Fsp3) is 0. The van der Waals surface area contributed by atoms with Crippen LogP contribution in [-0.2, 0) is 0 Å². The molecule has 1 aromatic carbocycles. The van der Waals surface area contributed by atoms with E-state index in [0.29, 0.717) is 16.6 Å². The van der Waals surface area contributed by atoms with Gasteiger partial charge in [0.05, 0.1) is 0 Å². The van der Waals surface area contributed by atoms with Gasteiger partial charge in [0.25, 0.3) is 5.91 Å². The summed E-state index contributed by atoms with van der Waals surface area (Å²) in [4.78, 5) is 15.6. The molecular formula is C12H6BrF3N2O. The normalized spacial score (nSPS) is 10.3. The van der Waals surface area contributed by atoms with Gasteiger partial charge in [0.2, 0.25) is 0 Å². The Balaban J connectivity index is 2.32. The van der Waals surface area contributed by atoms with E-state index in [9.17, 15) is 18.0 Å². The predicted molar refractivity (Wildman–Crippen MR) is 66.2 cm³/mol. The summed E-state index contributed by atoms with van der Waals surface area (Å²) in [5.41, 5.74) is -0.755. The maximum atomic E-state index is 13.4. The molecule has 98 valence electrons. The summed E-state index contributed by atoms with van der Waals surface area (Å²) in [6, 6.07) is 4.09. The number of benzene rings is 1. The van der Waals surface area contributed by atoms with E-state index in [0.717, 1.165) is 0 Å². The summed E-state index contributed by atoms with van der Waals surface area (Å²) in [5.74, 6) is -4.26. The highest BCUT2D eigenvalue weighted by Gasteiger charge is 2.17. The maximum absolute atomic E-state index is 13.4. The number of anilines is 1. The number of aromatic nitrogens is 1. The molecule has 0 aliphatic heterocycles. The van der Waals surface area contributed by atoms with Crippen LogP contribution in [0.2, 0.25) is 0 Å². The van der Waals surface area contributed by atoms with Crippen LogP contribution in [0.25, 0.3) is 0 Å². The Morgan fingerprint density at radius 1 is 1.21 bits per heavy atom. The highest BCUT2D eigenvalue weighted by atomic mass is 79.9. The van der Waals surface area contributed by atoms with Crippen molar-refractivity contribution in [2.24, 2.45) is 0 Å². The third-order valence-electron chi connectivity index (χ3n) is 2.22.